The first-order valence-corrected chi connectivity index (χ1v) is 12.6. The van der Waals surface area contributed by atoms with Gasteiger partial charge in [-0.15, -0.1) is 0 Å². The molecule has 0 atom stereocenters. The molecule has 2 heterocycles. The monoisotopic (exact) mass is 644 g/mol. The van der Waals surface area contributed by atoms with Gasteiger partial charge in [0, 0.05) is 0 Å². The van der Waals surface area contributed by atoms with E-state index in [1.54, 1.807) is 12.1 Å². The van der Waals surface area contributed by atoms with Gasteiger partial charge in [-0.1, -0.05) is 6.07 Å². The zero-order chi connectivity index (χ0) is 26.9. The summed E-state index contributed by atoms with van der Waals surface area (Å²) in [5.74, 6) is 0.246. The normalized spacial score (nSPS) is 16.5. The molecule has 0 aliphatic carbocycles. The van der Waals surface area contributed by atoms with E-state index in [0.29, 0.717) is 32.2 Å². The van der Waals surface area contributed by atoms with Gasteiger partial charge in [-0.2, -0.15) is 28.3 Å². The summed E-state index contributed by atoms with van der Waals surface area (Å²) in [5.41, 5.74) is 2.57. The molecule has 0 saturated heterocycles. The topological polar surface area (TPSA) is 96.6 Å². The number of halogens is 4. The molecule has 1 N–H and O–H groups in total. The van der Waals surface area contributed by atoms with Gasteiger partial charge in [-0.25, -0.2) is 0 Å². The van der Waals surface area contributed by atoms with E-state index in [2.05, 4.69) is 10.1 Å². The summed E-state index contributed by atoms with van der Waals surface area (Å²) in [5, 5.41) is 10.9. The predicted molar refractivity (Wildman–Crippen MR) is 144 cm³/mol. The molecule has 0 aromatic heterocycles. The fourth-order valence-electron chi connectivity index (χ4n) is 3.34. The Labute approximate surface area is 228 Å². The number of hydrogen-bond acceptors (Lipinski definition) is 7. The molecule has 1 amide bonds. The first kappa shape index (κ1) is 27.0. The van der Waals surface area contributed by atoms with E-state index in [-0.39, 0.29) is 29.1 Å². The Bertz CT molecular complexity index is 1370. The number of rotatable bonds is 7. The van der Waals surface area contributed by atoms with E-state index in [1.165, 1.54) is 18.7 Å². The number of alkyl halides is 3. The number of carbonyl (C=O) groups excluding carboxylic acids is 1. The van der Waals surface area contributed by atoms with Gasteiger partial charge in [0.1, 0.15) is 19.0 Å². The van der Waals surface area contributed by atoms with Crippen LogP contribution in [0.2, 0.25) is 0 Å². The van der Waals surface area contributed by atoms with E-state index in [0.717, 1.165) is 11.3 Å². The van der Waals surface area contributed by atoms with Crippen LogP contribution >= 0.6 is 34.4 Å². The lowest BCUT2D eigenvalue weighted by atomic mass is 10.1. The number of methoxy groups -OCH3 is 1. The van der Waals surface area contributed by atoms with Crippen molar-refractivity contribution in [2.75, 3.05) is 20.3 Å². The lowest BCUT2D eigenvalue weighted by Gasteiger charge is -2.20. The van der Waals surface area contributed by atoms with Crippen LogP contribution in [-0.4, -0.2) is 53.5 Å². The number of aliphatic imine (C=N–C) groups is 1. The van der Waals surface area contributed by atoms with Gasteiger partial charge >= 0.3 is 6.18 Å². The van der Waals surface area contributed by atoms with Crippen LogP contribution in [0, 0.1) is 22.8 Å². The third kappa shape index (κ3) is 5.92. The molecule has 13 heteroatoms. The number of carbonyl (C=O) groups is 1. The third-order valence-corrected chi connectivity index (χ3v) is 7.09. The van der Waals surface area contributed by atoms with Crippen molar-refractivity contribution in [1.82, 2.24) is 5.01 Å². The highest BCUT2D eigenvalue weighted by atomic mass is 127. The van der Waals surface area contributed by atoms with Gasteiger partial charge in [0.2, 0.25) is 10.2 Å². The van der Waals surface area contributed by atoms with Crippen molar-refractivity contribution in [2.45, 2.75) is 20.0 Å². The van der Waals surface area contributed by atoms with E-state index < -0.39 is 23.0 Å². The molecule has 4 rings (SSSR count). The molecule has 8 nitrogen and oxygen atoms in total. The molecule has 0 unspecified atom stereocenters. The standard InChI is InChI=1S/C24H20F3IN4O4S/c1-12-4-5-15(8-13(12)2)35-6-7-36-19-17(28)10-14(11-18(19)34-3)9-16-20(29)32-23(30-21(16)33)37-22(31-32)24(25,26)27/h4-5,8-11,29H,6-7H2,1-3H3/b16-9-,29-20?. The molecule has 0 fully saturated rings. The van der Waals surface area contributed by atoms with E-state index in [1.807, 2.05) is 54.6 Å². The van der Waals surface area contributed by atoms with Crippen molar-refractivity contribution in [3.63, 3.8) is 0 Å². The quantitative estimate of drug-likeness (QED) is 0.241. The largest absolute Gasteiger partial charge is 0.493 e. The molecule has 0 bridgehead atoms. The second-order valence-electron chi connectivity index (χ2n) is 7.90. The van der Waals surface area contributed by atoms with Gasteiger partial charge in [0.25, 0.3) is 5.91 Å². The molecule has 2 aromatic rings. The van der Waals surface area contributed by atoms with Crippen LogP contribution in [0.1, 0.15) is 16.7 Å². The molecule has 37 heavy (non-hydrogen) atoms. The van der Waals surface area contributed by atoms with Crippen LogP contribution in [0.15, 0.2) is 46.0 Å². The minimum Gasteiger partial charge on any atom is -0.493 e. The van der Waals surface area contributed by atoms with Gasteiger partial charge in [-0.3, -0.25) is 10.2 Å². The second-order valence-corrected chi connectivity index (χ2v) is 10.0. The maximum absolute atomic E-state index is 13.0. The van der Waals surface area contributed by atoms with Gasteiger partial charge in [0.05, 0.1) is 16.3 Å². The number of hydrogen-bond donors (Lipinski definition) is 1. The fraction of sp³-hybridized carbons (Fsp3) is 0.250. The van der Waals surface area contributed by atoms with Crippen molar-refractivity contribution < 1.29 is 32.2 Å². The Kier molecular flexibility index (Phi) is 7.83. The first-order valence-electron chi connectivity index (χ1n) is 10.8. The van der Waals surface area contributed by atoms with Gasteiger partial charge < -0.3 is 14.2 Å². The lowest BCUT2D eigenvalue weighted by Crippen LogP contribution is -2.35. The molecule has 2 aliphatic heterocycles. The minimum absolute atomic E-state index is 0.201. The zero-order valence-corrected chi connectivity index (χ0v) is 22.7. The molecule has 0 radical (unpaired) electrons. The SMILES string of the molecule is COc1cc(/C=C2/C(=N)N3N=C(C(F)(F)F)SC3=NC2=O)cc(I)c1OCCOc1ccc(C)c(C)c1. The summed E-state index contributed by atoms with van der Waals surface area (Å²) in [4.78, 5) is 16.2. The highest BCUT2D eigenvalue weighted by molar-refractivity contribution is 14.1. The molecule has 0 saturated carbocycles. The number of fused-ring (bicyclic) bond motifs is 1. The average Bonchev–Trinajstić information content (AvgIpc) is 3.27. The van der Waals surface area contributed by atoms with Crippen LogP contribution in [0.5, 0.6) is 17.2 Å². The average molecular weight is 644 g/mol. The van der Waals surface area contributed by atoms with Crippen molar-refractivity contribution >= 4 is 62.4 Å². The van der Waals surface area contributed by atoms with Crippen molar-refractivity contribution in [3.05, 3.63) is 56.2 Å². The third-order valence-electron chi connectivity index (χ3n) is 5.34. The number of nitrogens with zero attached hydrogens (tertiary/aromatic N) is 3. The Morgan fingerprint density at radius 3 is 2.54 bits per heavy atom. The summed E-state index contributed by atoms with van der Waals surface area (Å²) in [6.45, 7) is 4.57. The Balaban J connectivity index is 1.49. The first-order chi connectivity index (χ1) is 17.5. The molecular formula is C24H20F3IN4O4S. The van der Waals surface area contributed by atoms with Crippen LogP contribution in [0.4, 0.5) is 13.2 Å². The summed E-state index contributed by atoms with van der Waals surface area (Å²) in [6, 6.07) is 9.12. The number of thioether (sulfide) groups is 1. The Morgan fingerprint density at radius 2 is 1.86 bits per heavy atom. The molecule has 0 spiro atoms. The summed E-state index contributed by atoms with van der Waals surface area (Å²) in [6.07, 6.45) is -3.35. The number of amides is 1. The van der Waals surface area contributed by atoms with E-state index >= 15 is 0 Å². The predicted octanol–water partition coefficient (Wildman–Crippen LogP) is 5.56. The number of benzene rings is 2. The van der Waals surface area contributed by atoms with Gasteiger partial charge in [-0.05, 0) is 95.2 Å². The maximum Gasteiger partial charge on any atom is 0.441 e. The highest BCUT2D eigenvalue weighted by Gasteiger charge is 2.46. The summed E-state index contributed by atoms with van der Waals surface area (Å²) < 4.78 is 56.8. The molecule has 2 aromatic carbocycles. The second kappa shape index (κ2) is 10.7. The minimum atomic E-state index is -4.71. The van der Waals surface area contributed by atoms with Crippen molar-refractivity contribution in [2.24, 2.45) is 10.1 Å². The number of aryl methyl sites for hydroxylation is 2. The Hall–Kier alpha value is -3.07. The highest BCUT2D eigenvalue weighted by Crippen LogP contribution is 2.37. The van der Waals surface area contributed by atoms with Crippen LogP contribution in [0.3, 0.4) is 0 Å². The summed E-state index contributed by atoms with van der Waals surface area (Å²) in [7, 11) is 1.46. The van der Waals surface area contributed by atoms with E-state index in [9.17, 15) is 18.0 Å². The van der Waals surface area contributed by atoms with Crippen molar-refractivity contribution in [3.8, 4) is 17.2 Å². The number of ether oxygens (including phenoxy) is 3. The maximum atomic E-state index is 13.0. The summed E-state index contributed by atoms with van der Waals surface area (Å²) >= 11 is 2.25. The van der Waals surface area contributed by atoms with E-state index in [4.69, 9.17) is 19.6 Å². The van der Waals surface area contributed by atoms with Crippen LogP contribution in [0.25, 0.3) is 6.08 Å². The number of amidine groups is 2. The number of nitrogens with one attached hydrogen (secondary N) is 1. The molecule has 194 valence electrons. The molecule has 2 aliphatic rings. The zero-order valence-electron chi connectivity index (χ0n) is 19.8. The smallest absolute Gasteiger partial charge is 0.441 e. The Morgan fingerprint density at radius 1 is 1.14 bits per heavy atom. The fourth-order valence-corrected chi connectivity index (χ4v) is 4.88. The van der Waals surface area contributed by atoms with Crippen molar-refractivity contribution in [1.29, 1.82) is 5.41 Å². The van der Waals surface area contributed by atoms with Crippen LogP contribution in [-0.2, 0) is 4.79 Å². The van der Waals surface area contributed by atoms with Crippen LogP contribution < -0.4 is 14.2 Å². The molecular weight excluding hydrogens is 624 g/mol. The number of hydrazone groups is 1. The van der Waals surface area contributed by atoms with Gasteiger partial charge in [0.15, 0.2) is 17.3 Å². The lowest BCUT2D eigenvalue weighted by molar-refractivity contribution is -0.114.